The summed E-state index contributed by atoms with van der Waals surface area (Å²) in [6.07, 6.45) is 0. The van der Waals surface area contributed by atoms with Gasteiger partial charge in [0.25, 0.3) is 0 Å². The summed E-state index contributed by atoms with van der Waals surface area (Å²) in [4.78, 5) is 0. The van der Waals surface area contributed by atoms with Crippen LogP contribution in [0.15, 0.2) is 42.5 Å². The van der Waals surface area contributed by atoms with E-state index in [1.807, 2.05) is 30.3 Å². The van der Waals surface area contributed by atoms with Crippen molar-refractivity contribution in [1.82, 2.24) is 5.32 Å². The molecule has 20 heavy (non-hydrogen) atoms. The maximum absolute atomic E-state index is 6.33. The van der Waals surface area contributed by atoms with E-state index in [0.717, 1.165) is 12.1 Å². The zero-order valence-electron chi connectivity index (χ0n) is 11.7. The quantitative estimate of drug-likeness (QED) is 0.881. The average Bonchev–Trinajstić information content (AvgIpc) is 2.49. The number of hydrogen-bond acceptors (Lipinski definition) is 3. The van der Waals surface area contributed by atoms with Crippen molar-refractivity contribution in [2.75, 3.05) is 14.2 Å². The highest BCUT2D eigenvalue weighted by Crippen LogP contribution is 2.37. The van der Waals surface area contributed by atoms with Crippen LogP contribution in [0.5, 0.6) is 11.5 Å². The van der Waals surface area contributed by atoms with Gasteiger partial charge in [0.15, 0.2) is 11.5 Å². The summed E-state index contributed by atoms with van der Waals surface area (Å²) in [6, 6.07) is 14.0. The molecule has 0 aliphatic carbocycles. The Balaban J connectivity index is 2.03. The van der Waals surface area contributed by atoms with Gasteiger partial charge in [-0.1, -0.05) is 48.0 Å². The van der Waals surface area contributed by atoms with Crippen molar-refractivity contribution >= 4 is 11.6 Å². The largest absolute Gasteiger partial charge is 0.493 e. The van der Waals surface area contributed by atoms with Gasteiger partial charge < -0.3 is 14.8 Å². The van der Waals surface area contributed by atoms with E-state index < -0.39 is 0 Å². The predicted octanol–water partition coefficient (Wildman–Crippen LogP) is 3.65. The molecule has 0 aliphatic heterocycles. The second-order valence-corrected chi connectivity index (χ2v) is 4.74. The van der Waals surface area contributed by atoms with Crippen LogP contribution in [0, 0.1) is 0 Å². The lowest BCUT2D eigenvalue weighted by molar-refractivity contribution is 0.354. The van der Waals surface area contributed by atoms with Gasteiger partial charge in [0.2, 0.25) is 0 Å². The van der Waals surface area contributed by atoms with E-state index in [9.17, 15) is 0 Å². The first-order chi connectivity index (χ1) is 9.76. The number of hydrogen-bond donors (Lipinski definition) is 1. The van der Waals surface area contributed by atoms with Gasteiger partial charge in [0.05, 0.1) is 19.2 Å². The number of benzene rings is 2. The predicted molar refractivity (Wildman–Crippen MR) is 81.5 cm³/mol. The molecular weight excluding hydrogens is 274 g/mol. The van der Waals surface area contributed by atoms with Crippen molar-refractivity contribution in [1.29, 1.82) is 0 Å². The lowest BCUT2D eigenvalue weighted by atomic mass is 10.2. The van der Waals surface area contributed by atoms with E-state index in [4.69, 9.17) is 21.1 Å². The van der Waals surface area contributed by atoms with Gasteiger partial charge in [-0.25, -0.2) is 0 Å². The molecule has 2 rings (SSSR count). The molecule has 0 amide bonds. The lowest BCUT2D eigenvalue weighted by Gasteiger charge is -2.13. The van der Waals surface area contributed by atoms with Crippen LogP contribution in [-0.2, 0) is 13.1 Å². The highest BCUT2D eigenvalue weighted by molar-refractivity contribution is 6.33. The van der Waals surface area contributed by atoms with E-state index in [0.29, 0.717) is 23.1 Å². The number of halogens is 1. The highest BCUT2D eigenvalue weighted by atomic mass is 35.5. The number of methoxy groups -OCH3 is 2. The monoisotopic (exact) mass is 291 g/mol. The fraction of sp³-hybridized carbons (Fsp3) is 0.250. The molecule has 0 bridgehead atoms. The minimum atomic E-state index is 0.577. The van der Waals surface area contributed by atoms with E-state index >= 15 is 0 Å². The van der Waals surface area contributed by atoms with Crippen LogP contribution < -0.4 is 14.8 Å². The SMILES string of the molecule is COc1ccc(CNCc2ccccc2)c(Cl)c1OC. The van der Waals surface area contributed by atoms with Crippen LogP contribution in [0.25, 0.3) is 0 Å². The molecule has 0 saturated heterocycles. The topological polar surface area (TPSA) is 30.5 Å². The summed E-state index contributed by atoms with van der Waals surface area (Å²) < 4.78 is 10.5. The molecule has 0 unspecified atom stereocenters. The number of rotatable bonds is 6. The summed E-state index contributed by atoms with van der Waals surface area (Å²) in [5.41, 5.74) is 2.23. The molecule has 0 radical (unpaired) electrons. The fourth-order valence-corrected chi connectivity index (χ4v) is 2.30. The van der Waals surface area contributed by atoms with Crippen molar-refractivity contribution in [3.05, 3.63) is 58.6 Å². The van der Waals surface area contributed by atoms with Gasteiger partial charge in [0.1, 0.15) is 0 Å². The summed E-state index contributed by atoms with van der Waals surface area (Å²) in [5, 5.41) is 3.96. The minimum absolute atomic E-state index is 0.577. The van der Waals surface area contributed by atoms with Crippen molar-refractivity contribution in [2.24, 2.45) is 0 Å². The highest BCUT2D eigenvalue weighted by Gasteiger charge is 2.12. The van der Waals surface area contributed by atoms with Crippen LogP contribution in [0.4, 0.5) is 0 Å². The molecule has 2 aromatic rings. The number of nitrogens with one attached hydrogen (secondary N) is 1. The first kappa shape index (κ1) is 14.7. The Morgan fingerprint density at radius 3 is 2.35 bits per heavy atom. The van der Waals surface area contributed by atoms with Crippen LogP contribution in [-0.4, -0.2) is 14.2 Å². The van der Waals surface area contributed by atoms with Crippen molar-refractivity contribution < 1.29 is 9.47 Å². The molecule has 2 aromatic carbocycles. The molecule has 0 fully saturated rings. The third-order valence-electron chi connectivity index (χ3n) is 3.05. The summed E-state index contributed by atoms with van der Waals surface area (Å²) in [6.45, 7) is 1.47. The van der Waals surface area contributed by atoms with Crippen LogP contribution >= 0.6 is 11.6 Å². The Bertz CT molecular complexity index is 558. The van der Waals surface area contributed by atoms with Crippen molar-refractivity contribution in [2.45, 2.75) is 13.1 Å². The maximum Gasteiger partial charge on any atom is 0.179 e. The van der Waals surface area contributed by atoms with Crippen molar-refractivity contribution in [3.8, 4) is 11.5 Å². The molecule has 0 saturated carbocycles. The van der Waals surface area contributed by atoms with Gasteiger partial charge in [-0.15, -0.1) is 0 Å². The molecule has 0 heterocycles. The third kappa shape index (κ3) is 3.44. The zero-order chi connectivity index (χ0) is 14.4. The average molecular weight is 292 g/mol. The molecule has 3 nitrogen and oxygen atoms in total. The van der Waals surface area contributed by atoms with Crippen molar-refractivity contribution in [3.63, 3.8) is 0 Å². The van der Waals surface area contributed by atoms with Gasteiger partial charge in [-0.05, 0) is 17.2 Å². The summed E-state index contributed by atoms with van der Waals surface area (Å²) in [7, 11) is 3.19. The Labute approximate surface area is 124 Å². The molecule has 0 atom stereocenters. The van der Waals surface area contributed by atoms with E-state index in [1.165, 1.54) is 5.56 Å². The normalized spacial score (nSPS) is 10.3. The summed E-state index contributed by atoms with van der Waals surface area (Å²) >= 11 is 6.33. The fourth-order valence-electron chi connectivity index (χ4n) is 2.00. The number of ether oxygens (including phenoxy) is 2. The van der Waals surface area contributed by atoms with Crippen LogP contribution in [0.3, 0.4) is 0 Å². The van der Waals surface area contributed by atoms with Gasteiger partial charge in [-0.2, -0.15) is 0 Å². The molecule has 0 aromatic heterocycles. The molecule has 1 N–H and O–H groups in total. The molecular formula is C16H18ClNO2. The Morgan fingerprint density at radius 1 is 0.950 bits per heavy atom. The molecule has 0 spiro atoms. The van der Waals surface area contributed by atoms with E-state index in [-0.39, 0.29) is 0 Å². The van der Waals surface area contributed by atoms with Gasteiger partial charge >= 0.3 is 0 Å². The smallest absolute Gasteiger partial charge is 0.179 e. The zero-order valence-corrected chi connectivity index (χ0v) is 12.4. The van der Waals surface area contributed by atoms with E-state index in [1.54, 1.807) is 14.2 Å². The second kappa shape index (κ2) is 7.17. The molecule has 0 aliphatic rings. The Morgan fingerprint density at radius 2 is 1.70 bits per heavy atom. The van der Waals surface area contributed by atoms with Gasteiger partial charge in [0, 0.05) is 13.1 Å². The first-order valence-corrected chi connectivity index (χ1v) is 6.78. The third-order valence-corrected chi connectivity index (χ3v) is 3.47. The molecule has 4 heteroatoms. The van der Waals surface area contributed by atoms with Crippen LogP contribution in [0.1, 0.15) is 11.1 Å². The lowest BCUT2D eigenvalue weighted by Crippen LogP contribution is -2.13. The van der Waals surface area contributed by atoms with Crippen LogP contribution in [0.2, 0.25) is 5.02 Å². The Hall–Kier alpha value is -1.71. The van der Waals surface area contributed by atoms with E-state index in [2.05, 4.69) is 17.4 Å². The minimum Gasteiger partial charge on any atom is -0.493 e. The summed E-state index contributed by atoms with van der Waals surface area (Å²) in [5.74, 6) is 1.22. The Kier molecular flexibility index (Phi) is 5.27. The van der Waals surface area contributed by atoms with Gasteiger partial charge in [-0.3, -0.25) is 0 Å². The first-order valence-electron chi connectivity index (χ1n) is 6.40. The maximum atomic E-state index is 6.33. The molecule has 106 valence electrons. The second-order valence-electron chi connectivity index (χ2n) is 4.36. The standard InChI is InChI=1S/C16H18ClNO2/c1-19-14-9-8-13(15(17)16(14)20-2)11-18-10-12-6-4-3-5-7-12/h3-9,18H,10-11H2,1-2H3.